The van der Waals surface area contributed by atoms with Crippen LogP contribution in [0.5, 0.6) is 0 Å². The lowest BCUT2D eigenvalue weighted by atomic mass is 10.0. The molecule has 1 amide bonds. The van der Waals surface area contributed by atoms with Crippen molar-refractivity contribution in [2.24, 2.45) is 5.92 Å². The van der Waals surface area contributed by atoms with E-state index in [-0.39, 0.29) is 23.4 Å². The molecular formula is C16H18BrNO4S. The Morgan fingerprint density at radius 3 is 2.61 bits per heavy atom. The van der Waals surface area contributed by atoms with Gasteiger partial charge in [-0.05, 0) is 23.6 Å². The highest BCUT2D eigenvalue weighted by atomic mass is 79.9. The summed E-state index contributed by atoms with van der Waals surface area (Å²) in [7, 11) is 0. The predicted octanol–water partition coefficient (Wildman–Crippen LogP) is 2.57. The number of carboxylic acid groups (broad SMARTS) is 1. The van der Waals surface area contributed by atoms with Crippen molar-refractivity contribution in [2.45, 2.75) is 25.8 Å². The zero-order valence-electron chi connectivity index (χ0n) is 12.7. The summed E-state index contributed by atoms with van der Waals surface area (Å²) in [5.74, 6) is -0.560. The van der Waals surface area contributed by atoms with Crippen LogP contribution in [0, 0.1) is 5.92 Å². The van der Waals surface area contributed by atoms with Crippen molar-refractivity contribution in [3.05, 3.63) is 34.3 Å². The van der Waals surface area contributed by atoms with E-state index in [2.05, 4.69) is 15.9 Å². The van der Waals surface area contributed by atoms with Crippen LogP contribution >= 0.6 is 27.7 Å². The Morgan fingerprint density at radius 1 is 1.39 bits per heavy atom. The predicted molar refractivity (Wildman–Crippen MR) is 92.2 cm³/mol. The van der Waals surface area contributed by atoms with Crippen molar-refractivity contribution in [3.8, 4) is 0 Å². The molecule has 124 valence electrons. The number of likely N-dealkylation sites (tertiary alicyclic amines) is 1. The molecule has 1 aromatic carbocycles. The van der Waals surface area contributed by atoms with E-state index in [0.717, 1.165) is 10.0 Å². The maximum absolute atomic E-state index is 12.2. The van der Waals surface area contributed by atoms with Gasteiger partial charge in [-0.15, -0.1) is 0 Å². The fourth-order valence-electron chi connectivity index (χ4n) is 2.63. The number of thioether (sulfide) groups is 1. The maximum atomic E-state index is 12.2. The molecule has 23 heavy (non-hydrogen) atoms. The Morgan fingerprint density at radius 2 is 2.04 bits per heavy atom. The SMILES string of the molecule is CC(=O)SCC1CC(=O)N(C(Cc2ccc(Br)cc2)C(=O)O)C1. The molecule has 0 bridgehead atoms. The average Bonchev–Trinajstić information content (AvgIpc) is 2.85. The second-order valence-corrected chi connectivity index (χ2v) is 7.72. The number of benzene rings is 1. The summed E-state index contributed by atoms with van der Waals surface area (Å²) in [6, 6.07) is 6.54. The average molecular weight is 400 g/mol. The van der Waals surface area contributed by atoms with Gasteiger partial charge in [0.1, 0.15) is 6.04 Å². The molecular weight excluding hydrogens is 382 g/mol. The molecule has 1 aliphatic rings. The Hall–Kier alpha value is -1.34. The second kappa shape index (κ2) is 7.97. The van der Waals surface area contributed by atoms with Crippen molar-refractivity contribution >= 4 is 44.7 Å². The molecule has 5 nitrogen and oxygen atoms in total. The van der Waals surface area contributed by atoms with Gasteiger partial charge in [-0.2, -0.15) is 0 Å². The Balaban J connectivity index is 2.05. The highest BCUT2D eigenvalue weighted by Crippen LogP contribution is 2.25. The van der Waals surface area contributed by atoms with Crippen LogP contribution in [0.3, 0.4) is 0 Å². The topological polar surface area (TPSA) is 74.7 Å². The fraction of sp³-hybridized carbons (Fsp3) is 0.438. The van der Waals surface area contributed by atoms with Gasteiger partial charge in [-0.25, -0.2) is 4.79 Å². The number of aliphatic carboxylic acids is 1. The van der Waals surface area contributed by atoms with Gasteiger partial charge in [0.05, 0.1) is 0 Å². The van der Waals surface area contributed by atoms with Crippen LogP contribution in [0.1, 0.15) is 18.9 Å². The molecule has 1 fully saturated rings. The third-order valence-electron chi connectivity index (χ3n) is 3.76. The zero-order valence-corrected chi connectivity index (χ0v) is 15.1. The molecule has 7 heteroatoms. The van der Waals surface area contributed by atoms with Crippen LogP contribution in [0.4, 0.5) is 0 Å². The first-order valence-electron chi connectivity index (χ1n) is 7.27. The van der Waals surface area contributed by atoms with Crippen LogP contribution in [-0.2, 0) is 20.8 Å². The van der Waals surface area contributed by atoms with Gasteiger partial charge in [0.15, 0.2) is 5.12 Å². The van der Waals surface area contributed by atoms with Crippen molar-refractivity contribution < 1.29 is 19.5 Å². The molecule has 0 aromatic heterocycles. The molecule has 1 saturated heterocycles. The first-order chi connectivity index (χ1) is 10.9. The fourth-order valence-corrected chi connectivity index (χ4v) is 3.59. The van der Waals surface area contributed by atoms with Crippen LogP contribution in [0.15, 0.2) is 28.7 Å². The summed E-state index contributed by atoms with van der Waals surface area (Å²) < 4.78 is 0.923. The van der Waals surface area contributed by atoms with E-state index in [0.29, 0.717) is 18.7 Å². The van der Waals surface area contributed by atoms with E-state index in [9.17, 15) is 19.5 Å². The van der Waals surface area contributed by atoms with Gasteiger partial charge in [-0.3, -0.25) is 9.59 Å². The Kier molecular flexibility index (Phi) is 6.24. The van der Waals surface area contributed by atoms with Crippen LogP contribution in [-0.4, -0.2) is 45.3 Å². The number of hydrogen-bond donors (Lipinski definition) is 1. The van der Waals surface area contributed by atoms with Crippen LogP contribution < -0.4 is 0 Å². The van der Waals surface area contributed by atoms with Gasteiger partial charge < -0.3 is 10.0 Å². The molecule has 1 aliphatic heterocycles. The summed E-state index contributed by atoms with van der Waals surface area (Å²) in [6.07, 6.45) is 0.589. The summed E-state index contributed by atoms with van der Waals surface area (Å²) in [5.41, 5.74) is 0.870. The molecule has 0 radical (unpaired) electrons. The summed E-state index contributed by atoms with van der Waals surface area (Å²) >= 11 is 4.53. The van der Waals surface area contributed by atoms with Gasteiger partial charge in [0, 0.05) is 36.5 Å². The van der Waals surface area contributed by atoms with Crippen molar-refractivity contribution in [1.82, 2.24) is 4.90 Å². The molecule has 0 saturated carbocycles. The normalized spacial score (nSPS) is 19.0. The lowest BCUT2D eigenvalue weighted by Crippen LogP contribution is -2.43. The minimum Gasteiger partial charge on any atom is -0.480 e. The molecule has 2 unspecified atom stereocenters. The first kappa shape index (κ1) is 18.0. The zero-order chi connectivity index (χ0) is 17.0. The number of carboxylic acids is 1. The van der Waals surface area contributed by atoms with E-state index in [1.165, 1.54) is 23.6 Å². The largest absolute Gasteiger partial charge is 0.480 e. The molecule has 0 spiro atoms. The number of carbonyl (C=O) groups is 3. The van der Waals surface area contributed by atoms with Gasteiger partial charge >= 0.3 is 5.97 Å². The summed E-state index contributed by atoms with van der Waals surface area (Å²) in [5, 5.41) is 9.52. The molecule has 2 rings (SSSR count). The molecule has 2 atom stereocenters. The van der Waals surface area contributed by atoms with Crippen molar-refractivity contribution in [3.63, 3.8) is 0 Å². The van der Waals surface area contributed by atoms with Gasteiger partial charge in [-0.1, -0.05) is 39.8 Å². The molecule has 0 aliphatic carbocycles. The highest BCUT2D eigenvalue weighted by molar-refractivity contribution is 9.10. The molecule has 1 aromatic rings. The van der Waals surface area contributed by atoms with E-state index >= 15 is 0 Å². The van der Waals surface area contributed by atoms with E-state index in [1.807, 2.05) is 24.3 Å². The third-order valence-corrected chi connectivity index (χ3v) is 5.34. The third kappa shape index (κ3) is 5.07. The Bertz CT molecular complexity index is 605. The first-order valence-corrected chi connectivity index (χ1v) is 9.04. The molecule has 1 N–H and O–H groups in total. The van der Waals surface area contributed by atoms with Gasteiger partial charge in [0.2, 0.25) is 5.91 Å². The lowest BCUT2D eigenvalue weighted by Gasteiger charge is -2.25. The number of rotatable bonds is 6. The number of carbonyl (C=O) groups excluding carboxylic acids is 2. The number of halogens is 1. The lowest BCUT2D eigenvalue weighted by molar-refractivity contribution is -0.148. The van der Waals surface area contributed by atoms with Crippen LogP contribution in [0.25, 0.3) is 0 Å². The van der Waals surface area contributed by atoms with E-state index < -0.39 is 12.0 Å². The van der Waals surface area contributed by atoms with Gasteiger partial charge in [0.25, 0.3) is 0 Å². The van der Waals surface area contributed by atoms with E-state index in [4.69, 9.17) is 0 Å². The standard InChI is InChI=1S/C16H18BrNO4S/c1-10(19)23-9-12-7-15(20)18(8-12)14(16(21)22)6-11-2-4-13(17)5-3-11/h2-5,12,14H,6-9H2,1H3,(H,21,22). The highest BCUT2D eigenvalue weighted by Gasteiger charge is 2.37. The second-order valence-electron chi connectivity index (χ2n) is 5.60. The summed E-state index contributed by atoms with van der Waals surface area (Å²) in [4.78, 5) is 36.3. The maximum Gasteiger partial charge on any atom is 0.326 e. The molecule has 1 heterocycles. The quantitative estimate of drug-likeness (QED) is 0.795. The van der Waals surface area contributed by atoms with E-state index in [1.54, 1.807) is 0 Å². The number of nitrogens with zero attached hydrogens (tertiary/aromatic N) is 1. The minimum absolute atomic E-state index is 0.0144. The summed E-state index contributed by atoms with van der Waals surface area (Å²) in [6.45, 7) is 1.89. The number of amides is 1. The number of hydrogen-bond acceptors (Lipinski definition) is 4. The van der Waals surface area contributed by atoms with Crippen LogP contribution in [0.2, 0.25) is 0 Å². The Labute approximate surface area is 147 Å². The van der Waals surface area contributed by atoms with Crippen molar-refractivity contribution in [2.75, 3.05) is 12.3 Å². The smallest absolute Gasteiger partial charge is 0.326 e. The minimum atomic E-state index is -0.999. The van der Waals surface area contributed by atoms with Crippen molar-refractivity contribution in [1.29, 1.82) is 0 Å². The monoisotopic (exact) mass is 399 g/mol.